The fourth-order valence-electron chi connectivity index (χ4n) is 5.86. The monoisotopic (exact) mass is 649 g/mol. The Morgan fingerprint density at radius 1 is 0.286 bits per heavy atom. The Labute approximate surface area is 289 Å². The predicted octanol–water partition coefficient (Wildman–Crippen LogP) is 11.0. The fraction of sp³-hybridized carbons (Fsp3) is 0. The third kappa shape index (κ3) is 6.35. The highest BCUT2D eigenvalue weighted by Gasteiger charge is 2.20. The number of nitrogens with zero attached hydrogens (tertiary/aromatic N) is 5. The van der Waals surface area contributed by atoms with Gasteiger partial charge in [-0.1, -0.05) is 157 Å². The number of halogens is 1. The van der Waals surface area contributed by atoms with Gasteiger partial charge in [0.1, 0.15) is 0 Å². The van der Waals surface area contributed by atoms with Crippen molar-refractivity contribution in [3.63, 3.8) is 0 Å². The van der Waals surface area contributed by atoms with E-state index in [1.54, 1.807) is 0 Å². The maximum Gasteiger partial charge on any atom is 0.164 e. The van der Waals surface area contributed by atoms with Crippen molar-refractivity contribution in [2.45, 2.75) is 0 Å². The molecule has 0 aliphatic rings. The summed E-state index contributed by atoms with van der Waals surface area (Å²) in [7, 11) is 0. The molecule has 8 rings (SSSR count). The van der Waals surface area contributed by atoms with Gasteiger partial charge < -0.3 is 0 Å². The van der Waals surface area contributed by atoms with E-state index in [4.69, 9.17) is 36.5 Å². The molecule has 0 saturated carbocycles. The first kappa shape index (κ1) is 30.1. The van der Waals surface area contributed by atoms with Gasteiger partial charge >= 0.3 is 0 Å². The molecule has 0 N–H and O–H groups in total. The summed E-state index contributed by atoms with van der Waals surface area (Å²) in [6, 6.07) is 56.3. The smallest absolute Gasteiger partial charge is 0.164 e. The molecule has 232 valence electrons. The van der Waals surface area contributed by atoms with Crippen molar-refractivity contribution < 1.29 is 0 Å². The van der Waals surface area contributed by atoms with Crippen molar-refractivity contribution in [2.75, 3.05) is 0 Å². The van der Waals surface area contributed by atoms with Crippen LogP contribution in [0.3, 0.4) is 0 Å². The molecule has 0 bridgehead atoms. The van der Waals surface area contributed by atoms with Gasteiger partial charge in [0.2, 0.25) is 0 Å². The van der Waals surface area contributed by atoms with Crippen molar-refractivity contribution in [3.05, 3.63) is 175 Å². The van der Waals surface area contributed by atoms with Gasteiger partial charge in [-0.15, -0.1) is 0 Å². The van der Waals surface area contributed by atoms with E-state index in [0.29, 0.717) is 28.3 Å². The molecule has 6 aromatic carbocycles. The van der Waals surface area contributed by atoms with E-state index < -0.39 is 0 Å². The molecular formula is C43H28ClN5. The van der Waals surface area contributed by atoms with Crippen LogP contribution in [0.1, 0.15) is 0 Å². The van der Waals surface area contributed by atoms with E-state index in [-0.39, 0.29) is 0 Å². The molecule has 0 aliphatic carbocycles. The third-order valence-electron chi connectivity index (χ3n) is 8.24. The van der Waals surface area contributed by atoms with E-state index in [9.17, 15) is 0 Å². The molecular weight excluding hydrogens is 622 g/mol. The second kappa shape index (κ2) is 13.4. The predicted molar refractivity (Wildman–Crippen MR) is 198 cm³/mol. The zero-order chi connectivity index (χ0) is 33.0. The fourth-order valence-corrected chi connectivity index (χ4v) is 6.04. The summed E-state index contributed by atoms with van der Waals surface area (Å²) in [5, 5.41) is 0.604. The Balaban J connectivity index is 1.34. The second-order valence-electron chi connectivity index (χ2n) is 11.5. The Hall–Kier alpha value is -6.30. The molecule has 0 saturated heterocycles. The van der Waals surface area contributed by atoms with Gasteiger partial charge in [-0.05, 0) is 35.4 Å². The van der Waals surface area contributed by atoms with Crippen LogP contribution in [0.15, 0.2) is 170 Å². The highest BCUT2D eigenvalue weighted by atomic mass is 35.5. The summed E-state index contributed by atoms with van der Waals surface area (Å²) < 4.78 is 0. The molecule has 0 fully saturated rings. The lowest BCUT2D eigenvalue weighted by molar-refractivity contribution is 1.07. The van der Waals surface area contributed by atoms with E-state index in [1.165, 1.54) is 0 Å². The summed E-state index contributed by atoms with van der Waals surface area (Å²) in [4.78, 5) is 25.1. The molecule has 0 atom stereocenters. The van der Waals surface area contributed by atoms with Crippen molar-refractivity contribution in [1.29, 1.82) is 0 Å². The van der Waals surface area contributed by atoms with Gasteiger partial charge in [-0.25, -0.2) is 24.9 Å². The summed E-state index contributed by atoms with van der Waals surface area (Å²) in [5.41, 5.74) is 8.98. The molecule has 2 aromatic heterocycles. The van der Waals surface area contributed by atoms with Crippen molar-refractivity contribution in [3.8, 4) is 79.2 Å². The normalized spacial score (nSPS) is 11.0. The van der Waals surface area contributed by atoms with Crippen LogP contribution in [0.25, 0.3) is 79.2 Å². The topological polar surface area (TPSA) is 64.5 Å². The Kier molecular flexibility index (Phi) is 8.24. The van der Waals surface area contributed by atoms with Crippen molar-refractivity contribution in [1.82, 2.24) is 24.9 Å². The first-order valence-corrected chi connectivity index (χ1v) is 16.3. The van der Waals surface area contributed by atoms with E-state index >= 15 is 0 Å². The summed E-state index contributed by atoms with van der Waals surface area (Å²) in [6.07, 6.45) is 0. The maximum atomic E-state index is 6.74. The summed E-state index contributed by atoms with van der Waals surface area (Å²) in [6.45, 7) is 0. The maximum absolute atomic E-state index is 6.74. The number of benzene rings is 6. The Morgan fingerprint density at radius 3 is 1.27 bits per heavy atom. The van der Waals surface area contributed by atoms with Gasteiger partial charge in [0.25, 0.3) is 0 Å². The minimum Gasteiger partial charge on any atom is -0.228 e. The van der Waals surface area contributed by atoms with E-state index in [0.717, 1.165) is 55.9 Å². The molecule has 49 heavy (non-hydrogen) atoms. The Bertz CT molecular complexity index is 2270. The highest BCUT2D eigenvalue weighted by molar-refractivity contribution is 6.31. The minimum absolute atomic E-state index is 0.548. The number of hydrogen-bond donors (Lipinski definition) is 0. The van der Waals surface area contributed by atoms with Gasteiger partial charge in [0.15, 0.2) is 23.3 Å². The van der Waals surface area contributed by atoms with Gasteiger partial charge in [-0.2, -0.15) is 0 Å². The minimum atomic E-state index is 0.548. The lowest BCUT2D eigenvalue weighted by Crippen LogP contribution is -2.01. The lowest BCUT2D eigenvalue weighted by atomic mass is 9.93. The van der Waals surface area contributed by atoms with E-state index in [2.05, 4.69) is 30.3 Å². The van der Waals surface area contributed by atoms with Crippen molar-refractivity contribution in [2.24, 2.45) is 0 Å². The van der Waals surface area contributed by atoms with Crippen LogP contribution in [0.2, 0.25) is 5.02 Å². The van der Waals surface area contributed by atoms with Crippen LogP contribution in [0.4, 0.5) is 0 Å². The van der Waals surface area contributed by atoms with Crippen LogP contribution in [-0.2, 0) is 0 Å². The molecule has 8 aromatic rings. The molecule has 0 radical (unpaired) electrons. The van der Waals surface area contributed by atoms with Crippen LogP contribution in [-0.4, -0.2) is 24.9 Å². The highest BCUT2D eigenvalue weighted by Crippen LogP contribution is 2.40. The summed E-state index contributed by atoms with van der Waals surface area (Å²) >= 11 is 6.74. The van der Waals surface area contributed by atoms with Gasteiger partial charge in [0, 0.05) is 38.4 Å². The summed E-state index contributed by atoms with van der Waals surface area (Å²) in [5.74, 6) is 2.38. The van der Waals surface area contributed by atoms with Crippen LogP contribution < -0.4 is 0 Å². The quantitative estimate of drug-likeness (QED) is 0.172. The number of rotatable bonds is 7. The van der Waals surface area contributed by atoms with Gasteiger partial charge in [0.05, 0.1) is 11.4 Å². The molecule has 0 amide bonds. The Morgan fingerprint density at radius 2 is 0.714 bits per heavy atom. The second-order valence-corrected chi connectivity index (χ2v) is 11.9. The first-order chi connectivity index (χ1) is 24.2. The molecule has 6 heteroatoms. The first-order valence-electron chi connectivity index (χ1n) is 16.0. The zero-order valence-electron chi connectivity index (χ0n) is 26.3. The standard InChI is InChI=1S/C43H28ClN5/c44-33-25-26-36(43-48-41(31-19-9-3-10-20-31)47-42(49-43)32-21-11-4-12-22-32)37(27-33)34-23-13-14-24-35(34)39-28-38(29-15-5-1-6-16-29)45-40(46-39)30-17-7-2-8-18-30/h1-28H. The SMILES string of the molecule is Clc1ccc(-c2nc(-c3ccccc3)nc(-c3ccccc3)n2)c(-c2ccccc2-c2cc(-c3ccccc3)nc(-c3ccccc3)n2)c1. The van der Waals surface area contributed by atoms with Crippen LogP contribution >= 0.6 is 11.6 Å². The molecule has 0 spiro atoms. The van der Waals surface area contributed by atoms with E-state index in [1.807, 2.05) is 140 Å². The molecule has 0 unspecified atom stereocenters. The average Bonchev–Trinajstić information content (AvgIpc) is 3.19. The third-order valence-corrected chi connectivity index (χ3v) is 8.48. The number of hydrogen-bond acceptors (Lipinski definition) is 5. The van der Waals surface area contributed by atoms with Crippen molar-refractivity contribution >= 4 is 11.6 Å². The lowest BCUT2D eigenvalue weighted by Gasteiger charge is -2.16. The van der Waals surface area contributed by atoms with Crippen LogP contribution in [0, 0.1) is 0 Å². The molecule has 0 aliphatic heterocycles. The number of aromatic nitrogens is 5. The average molecular weight is 650 g/mol. The zero-order valence-corrected chi connectivity index (χ0v) is 27.0. The molecule has 5 nitrogen and oxygen atoms in total. The molecule has 2 heterocycles. The van der Waals surface area contributed by atoms with Crippen LogP contribution in [0.5, 0.6) is 0 Å². The van der Waals surface area contributed by atoms with Gasteiger partial charge in [-0.3, -0.25) is 0 Å². The largest absolute Gasteiger partial charge is 0.228 e.